The lowest BCUT2D eigenvalue weighted by Crippen LogP contribution is -2.36. The highest BCUT2D eigenvalue weighted by atomic mass is 16.5. The van der Waals surface area contributed by atoms with Crippen molar-refractivity contribution in [2.45, 2.75) is 32.6 Å². The van der Waals surface area contributed by atoms with E-state index in [2.05, 4.69) is 15.3 Å². The first-order valence-electron chi connectivity index (χ1n) is 8.21. The van der Waals surface area contributed by atoms with Gasteiger partial charge in [-0.25, -0.2) is 4.79 Å². The lowest BCUT2D eigenvalue weighted by atomic mass is 10.1. The molecule has 0 spiro atoms. The van der Waals surface area contributed by atoms with Crippen LogP contribution in [0.1, 0.15) is 31.0 Å². The largest absolute Gasteiger partial charge is 0.364 e. The van der Waals surface area contributed by atoms with Gasteiger partial charge in [-0.1, -0.05) is 36.4 Å². The second-order valence-electron chi connectivity index (χ2n) is 6.05. The predicted molar refractivity (Wildman–Crippen MR) is 96.2 cm³/mol. The molecule has 0 radical (unpaired) electrons. The van der Waals surface area contributed by atoms with Crippen LogP contribution in [0.4, 0.5) is 0 Å². The van der Waals surface area contributed by atoms with Gasteiger partial charge in [-0.05, 0) is 37.1 Å². The fraction of sp³-hybridized carbons (Fsp3) is 0.263. The van der Waals surface area contributed by atoms with Gasteiger partial charge in [-0.15, -0.1) is 0 Å². The van der Waals surface area contributed by atoms with Gasteiger partial charge in [0.05, 0.1) is 23.7 Å². The Morgan fingerprint density at radius 1 is 1.08 bits per heavy atom. The number of hydrogen-bond donors (Lipinski definition) is 3. The number of aromatic amines is 2. The van der Waals surface area contributed by atoms with Gasteiger partial charge in [0, 0.05) is 0 Å². The number of benzene rings is 2. The van der Waals surface area contributed by atoms with Crippen LogP contribution in [-0.4, -0.2) is 22.0 Å². The van der Waals surface area contributed by atoms with Crippen LogP contribution in [0.5, 0.6) is 0 Å². The van der Waals surface area contributed by atoms with Crippen molar-refractivity contribution < 1.29 is 9.53 Å². The fourth-order valence-corrected chi connectivity index (χ4v) is 2.60. The fourth-order valence-electron chi connectivity index (χ4n) is 2.60. The van der Waals surface area contributed by atoms with Gasteiger partial charge in [-0.3, -0.25) is 4.79 Å². The van der Waals surface area contributed by atoms with Gasteiger partial charge in [0.1, 0.15) is 6.10 Å². The number of H-pyrrole nitrogens is 2. The standard InChI is InChI=1S/C19H21N3O3/c1-12(15-8-9-16-17(10-15)22-19(24)21-16)20-18(23)13(2)25-11-14-6-4-3-5-7-14/h3-10,12-13H,11H2,1-2H3,(H,20,23)(H2,21,22,24)/t12-,13-/m0/s1. The molecule has 6 heteroatoms. The van der Waals surface area contributed by atoms with Crippen LogP contribution in [0.15, 0.2) is 53.3 Å². The molecule has 130 valence electrons. The summed E-state index contributed by atoms with van der Waals surface area (Å²) in [4.78, 5) is 29.1. The van der Waals surface area contributed by atoms with E-state index >= 15 is 0 Å². The summed E-state index contributed by atoms with van der Waals surface area (Å²) in [6.07, 6.45) is -0.557. The Balaban J connectivity index is 1.59. The van der Waals surface area contributed by atoms with Gasteiger partial charge in [0.15, 0.2) is 0 Å². The quantitative estimate of drug-likeness (QED) is 0.645. The second-order valence-corrected chi connectivity index (χ2v) is 6.05. The molecule has 1 amide bonds. The van der Waals surface area contributed by atoms with E-state index in [0.29, 0.717) is 6.61 Å². The van der Waals surface area contributed by atoms with E-state index in [1.54, 1.807) is 6.92 Å². The highest BCUT2D eigenvalue weighted by molar-refractivity contribution is 5.81. The van der Waals surface area contributed by atoms with Gasteiger partial charge < -0.3 is 20.0 Å². The number of fused-ring (bicyclic) bond motifs is 1. The molecule has 6 nitrogen and oxygen atoms in total. The second kappa shape index (κ2) is 7.36. The third-order valence-electron chi connectivity index (χ3n) is 4.11. The predicted octanol–water partition coefficient (Wildman–Crippen LogP) is 2.64. The van der Waals surface area contributed by atoms with E-state index in [1.165, 1.54) is 0 Å². The van der Waals surface area contributed by atoms with Gasteiger partial charge in [0.2, 0.25) is 5.91 Å². The zero-order valence-electron chi connectivity index (χ0n) is 14.2. The molecule has 1 heterocycles. The first-order chi connectivity index (χ1) is 12.0. The summed E-state index contributed by atoms with van der Waals surface area (Å²) in [5, 5.41) is 2.94. The molecule has 2 atom stereocenters. The minimum Gasteiger partial charge on any atom is -0.364 e. The number of aromatic nitrogens is 2. The van der Waals surface area contributed by atoms with Crippen molar-refractivity contribution in [3.05, 3.63) is 70.1 Å². The number of amides is 1. The summed E-state index contributed by atoms with van der Waals surface area (Å²) in [6.45, 7) is 4.02. The number of nitrogens with one attached hydrogen (secondary N) is 3. The molecule has 3 N–H and O–H groups in total. The molecule has 3 rings (SSSR count). The van der Waals surface area contributed by atoms with Gasteiger partial charge in [-0.2, -0.15) is 0 Å². The molecular formula is C19H21N3O3. The first kappa shape index (κ1) is 17.0. The van der Waals surface area contributed by atoms with E-state index in [0.717, 1.165) is 22.2 Å². The number of hydrogen-bond acceptors (Lipinski definition) is 3. The lowest BCUT2D eigenvalue weighted by molar-refractivity contribution is -0.133. The third-order valence-corrected chi connectivity index (χ3v) is 4.11. The Hall–Kier alpha value is -2.86. The molecule has 0 saturated carbocycles. The molecule has 0 aliphatic carbocycles. The molecule has 0 aliphatic rings. The van der Waals surface area contributed by atoms with Crippen LogP contribution in [0.3, 0.4) is 0 Å². The number of carbonyl (C=O) groups is 1. The summed E-state index contributed by atoms with van der Waals surface area (Å²) >= 11 is 0. The average molecular weight is 339 g/mol. The Morgan fingerprint density at radius 2 is 1.80 bits per heavy atom. The number of rotatable bonds is 6. The van der Waals surface area contributed by atoms with Crippen molar-refractivity contribution in [3.63, 3.8) is 0 Å². The van der Waals surface area contributed by atoms with Crippen molar-refractivity contribution in [1.29, 1.82) is 0 Å². The zero-order valence-corrected chi connectivity index (χ0v) is 14.2. The summed E-state index contributed by atoms with van der Waals surface area (Å²) in [7, 11) is 0. The van der Waals surface area contributed by atoms with E-state index in [4.69, 9.17) is 4.74 Å². The highest BCUT2D eigenvalue weighted by Gasteiger charge is 2.17. The molecule has 0 fully saturated rings. The monoisotopic (exact) mass is 339 g/mol. The molecule has 1 aromatic heterocycles. The number of ether oxygens (including phenoxy) is 1. The van der Waals surface area contributed by atoms with Crippen LogP contribution >= 0.6 is 0 Å². The van der Waals surface area contributed by atoms with Crippen LogP contribution in [0.2, 0.25) is 0 Å². The number of carbonyl (C=O) groups excluding carboxylic acids is 1. The van der Waals surface area contributed by atoms with Crippen molar-refractivity contribution in [2.24, 2.45) is 0 Å². The van der Waals surface area contributed by atoms with Crippen molar-refractivity contribution >= 4 is 16.9 Å². The molecule has 25 heavy (non-hydrogen) atoms. The maximum absolute atomic E-state index is 12.3. The van der Waals surface area contributed by atoms with Crippen LogP contribution < -0.4 is 11.0 Å². The zero-order chi connectivity index (χ0) is 17.8. The van der Waals surface area contributed by atoms with Crippen molar-refractivity contribution in [1.82, 2.24) is 15.3 Å². The summed E-state index contributed by atoms with van der Waals surface area (Å²) in [6, 6.07) is 15.1. The molecular weight excluding hydrogens is 318 g/mol. The maximum Gasteiger partial charge on any atom is 0.323 e. The lowest BCUT2D eigenvalue weighted by Gasteiger charge is -2.18. The van der Waals surface area contributed by atoms with Crippen LogP contribution in [-0.2, 0) is 16.1 Å². The maximum atomic E-state index is 12.3. The van der Waals surface area contributed by atoms with Crippen LogP contribution in [0.25, 0.3) is 11.0 Å². The smallest absolute Gasteiger partial charge is 0.323 e. The highest BCUT2D eigenvalue weighted by Crippen LogP contribution is 2.17. The van der Waals surface area contributed by atoms with E-state index in [1.807, 2.05) is 55.5 Å². The van der Waals surface area contributed by atoms with Crippen molar-refractivity contribution in [2.75, 3.05) is 0 Å². The molecule has 0 unspecified atom stereocenters. The summed E-state index contributed by atoms with van der Waals surface area (Å²) in [5.41, 5.74) is 3.15. The van der Waals surface area contributed by atoms with Gasteiger partial charge in [0.25, 0.3) is 0 Å². The first-order valence-corrected chi connectivity index (χ1v) is 8.21. The Morgan fingerprint density at radius 3 is 2.56 bits per heavy atom. The van der Waals surface area contributed by atoms with E-state index in [-0.39, 0.29) is 17.6 Å². The van der Waals surface area contributed by atoms with Crippen LogP contribution in [0, 0.1) is 0 Å². The topological polar surface area (TPSA) is 87.0 Å². The van der Waals surface area contributed by atoms with E-state index in [9.17, 15) is 9.59 Å². The Kier molecular flexibility index (Phi) is 5.00. The minimum absolute atomic E-state index is 0.175. The van der Waals surface area contributed by atoms with Crippen molar-refractivity contribution in [3.8, 4) is 0 Å². The van der Waals surface area contributed by atoms with E-state index < -0.39 is 6.10 Å². The molecule has 0 saturated heterocycles. The summed E-state index contributed by atoms with van der Waals surface area (Å²) < 4.78 is 5.64. The molecule has 2 aromatic carbocycles. The molecule has 0 aliphatic heterocycles. The van der Waals surface area contributed by atoms with Gasteiger partial charge >= 0.3 is 5.69 Å². The molecule has 3 aromatic rings. The SMILES string of the molecule is C[C@H](OCc1ccccc1)C(=O)N[C@@H](C)c1ccc2[nH]c(=O)[nH]c2c1. The Labute approximate surface area is 145 Å². The third kappa shape index (κ3) is 4.16. The Bertz CT molecular complexity index is 914. The average Bonchev–Trinajstić information content (AvgIpc) is 2.99. The molecule has 0 bridgehead atoms. The summed E-state index contributed by atoms with van der Waals surface area (Å²) in [5.74, 6) is -0.175. The minimum atomic E-state index is -0.557. The normalized spacial score (nSPS) is 13.5. The number of imidazole rings is 1.